The largest absolute Gasteiger partial charge is 0.379 e. The number of aryl methyl sites for hydroxylation is 1. The average Bonchev–Trinajstić information content (AvgIpc) is 2.69. The third-order valence-electron chi connectivity index (χ3n) is 4.99. The van der Waals surface area contributed by atoms with Gasteiger partial charge in [0.05, 0.1) is 30.2 Å². The maximum atomic E-state index is 14.4. The predicted molar refractivity (Wildman–Crippen MR) is 104 cm³/mol. The lowest BCUT2D eigenvalue weighted by atomic mass is 10.0. The van der Waals surface area contributed by atoms with Crippen LogP contribution in [0.2, 0.25) is 0 Å². The third kappa shape index (κ3) is 3.91. The lowest BCUT2D eigenvalue weighted by Crippen LogP contribution is -2.41. The molecular formula is C21H23FN4O. The summed E-state index contributed by atoms with van der Waals surface area (Å²) in [4.78, 5) is 10.9. The average molecular weight is 366 g/mol. The van der Waals surface area contributed by atoms with Crippen LogP contribution in [0.3, 0.4) is 0 Å². The van der Waals surface area contributed by atoms with Crippen LogP contribution < -0.4 is 5.32 Å². The molecule has 1 aromatic heterocycles. The molecule has 6 heteroatoms. The number of nitrogens with zero attached hydrogens (tertiary/aromatic N) is 3. The number of fused-ring (bicyclic) bond motifs is 1. The van der Waals surface area contributed by atoms with Crippen LogP contribution in [-0.4, -0.2) is 47.7 Å². The number of aromatic nitrogens is 2. The summed E-state index contributed by atoms with van der Waals surface area (Å²) in [5.74, 6) is 0.220. The van der Waals surface area contributed by atoms with Crippen LogP contribution in [0.5, 0.6) is 0 Å². The highest BCUT2D eigenvalue weighted by molar-refractivity contribution is 5.89. The molecule has 4 rings (SSSR count). The Morgan fingerprint density at radius 2 is 1.96 bits per heavy atom. The first-order valence-corrected chi connectivity index (χ1v) is 9.24. The van der Waals surface area contributed by atoms with Crippen molar-refractivity contribution < 1.29 is 9.13 Å². The quantitative estimate of drug-likeness (QED) is 0.748. The van der Waals surface area contributed by atoms with E-state index in [1.54, 1.807) is 12.1 Å². The number of halogens is 1. The topological polar surface area (TPSA) is 50.3 Å². The minimum atomic E-state index is -0.311. The molecule has 1 aliphatic rings. The van der Waals surface area contributed by atoms with Crippen molar-refractivity contribution in [1.82, 2.24) is 14.9 Å². The van der Waals surface area contributed by atoms with E-state index in [4.69, 9.17) is 4.74 Å². The molecule has 1 fully saturated rings. The number of anilines is 1. The van der Waals surface area contributed by atoms with Crippen LogP contribution in [0.15, 0.2) is 48.8 Å². The van der Waals surface area contributed by atoms with Crippen LogP contribution in [0, 0.1) is 12.7 Å². The molecule has 1 N–H and O–H groups in total. The number of hydrogen-bond donors (Lipinski definition) is 1. The van der Waals surface area contributed by atoms with Crippen LogP contribution in [0.25, 0.3) is 10.9 Å². The van der Waals surface area contributed by atoms with E-state index in [2.05, 4.69) is 51.4 Å². The van der Waals surface area contributed by atoms with Crippen LogP contribution in [0.4, 0.5) is 10.2 Å². The van der Waals surface area contributed by atoms with Gasteiger partial charge in [-0.25, -0.2) is 14.4 Å². The predicted octanol–water partition coefficient (Wildman–Crippen LogP) is 3.56. The number of hydrogen-bond acceptors (Lipinski definition) is 5. The second-order valence-corrected chi connectivity index (χ2v) is 6.82. The molecule has 1 aliphatic heterocycles. The minimum Gasteiger partial charge on any atom is -0.379 e. The summed E-state index contributed by atoms with van der Waals surface area (Å²) >= 11 is 0. The normalized spacial score (nSPS) is 16.4. The van der Waals surface area contributed by atoms with Gasteiger partial charge in [-0.05, 0) is 24.6 Å². The highest BCUT2D eigenvalue weighted by Gasteiger charge is 2.23. The number of morpholine rings is 1. The van der Waals surface area contributed by atoms with Gasteiger partial charge in [0.1, 0.15) is 18.0 Å². The minimum absolute atomic E-state index is 0.158. The molecule has 140 valence electrons. The Bertz CT molecular complexity index is 922. The zero-order valence-corrected chi connectivity index (χ0v) is 15.4. The van der Waals surface area contributed by atoms with Gasteiger partial charge in [0, 0.05) is 19.6 Å². The van der Waals surface area contributed by atoms with Gasteiger partial charge in [0.2, 0.25) is 0 Å². The van der Waals surface area contributed by atoms with Gasteiger partial charge < -0.3 is 10.1 Å². The fourth-order valence-corrected chi connectivity index (χ4v) is 3.62. The Kier molecular flexibility index (Phi) is 5.27. The van der Waals surface area contributed by atoms with Gasteiger partial charge in [0.15, 0.2) is 0 Å². The molecule has 0 bridgehead atoms. The van der Waals surface area contributed by atoms with Gasteiger partial charge in [-0.3, -0.25) is 4.90 Å². The summed E-state index contributed by atoms with van der Waals surface area (Å²) in [5, 5.41) is 3.81. The van der Waals surface area contributed by atoms with Crippen molar-refractivity contribution in [2.75, 3.05) is 38.2 Å². The molecular weight excluding hydrogens is 343 g/mol. The first kappa shape index (κ1) is 17.8. The number of rotatable bonds is 5. The second-order valence-electron chi connectivity index (χ2n) is 6.82. The highest BCUT2D eigenvalue weighted by atomic mass is 19.1. The summed E-state index contributed by atoms with van der Waals surface area (Å²) in [6.07, 6.45) is 1.47. The summed E-state index contributed by atoms with van der Waals surface area (Å²) in [6.45, 7) is 5.93. The molecule has 3 aromatic rings. The van der Waals surface area contributed by atoms with Crippen molar-refractivity contribution in [2.24, 2.45) is 0 Å². The molecule has 1 unspecified atom stereocenters. The SMILES string of the molecule is Cc1cccc(C(CNc2ncnc3cccc(F)c23)N2CCOCC2)c1. The van der Waals surface area contributed by atoms with E-state index in [0.717, 1.165) is 26.3 Å². The zero-order valence-electron chi connectivity index (χ0n) is 15.4. The van der Waals surface area contributed by atoms with Gasteiger partial charge in [0.25, 0.3) is 0 Å². The molecule has 1 atom stereocenters. The monoisotopic (exact) mass is 366 g/mol. The maximum absolute atomic E-state index is 14.4. The number of benzene rings is 2. The summed E-state index contributed by atoms with van der Waals surface area (Å²) in [7, 11) is 0. The first-order chi connectivity index (χ1) is 13.2. The van der Waals surface area contributed by atoms with E-state index < -0.39 is 0 Å². The fourth-order valence-electron chi connectivity index (χ4n) is 3.62. The smallest absolute Gasteiger partial charge is 0.140 e. The van der Waals surface area contributed by atoms with Crippen LogP contribution >= 0.6 is 0 Å². The molecule has 1 saturated heterocycles. The summed E-state index contributed by atoms with van der Waals surface area (Å²) < 4.78 is 19.9. The van der Waals surface area contributed by atoms with Crippen molar-refractivity contribution in [3.8, 4) is 0 Å². The van der Waals surface area contributed by atoms with Gasteiger partial charge in [-0.15, -0.1) is 0 Å². The van der Waals surface area contributed by atoms with Crippen molar-refractivity contribution in [1.29, 1.82) is 0 Å². The number of nitrogens with one attached hydrogen (secondary N) is 1. The molecule has 0 aliphatic carbocycles. The maximum Gasteiger partial charge on any atom is 0.140 e. The lowest BCUT2D eigenvalue weighted by molar-refractivity contribution is 0.0187. The molecule has 0 spiro atoms. The summed E-state index contributed by atoms with van der Waals surface area (Å²) in [5.41, 5.74) is 3.07. The van der Waals surface area contributed by atoms with Gasteiger partial charge in [-0.1, -0.05) is 35.9 Å². The highest BCUT2D eigenvalue weighted by Crippen LogP contribution is 2.26. The Hall–Kier alpha value is -2.57. The lowest BCUT2D eigenvalue weighted by Gasteiger charge is -2.35. The molecule has 0 radical (unpaired) electrons. The van der Waals surface area contributed by atoms with E-state index >= 15 is 0 Å². The van der Waals surface area contributed by atoms with Gasteiger partial charge in [-0.2, -0.15) is 0 Å². The van der Waals surface area contributed by atoms with Crippen molar-refractivity contribution in [3.05, 3.63) is 65.7 Å². The fraction of sp³-hybridized carbons (Fsp3) is 0.333. The Morgan fingerprint density at radius 3 is 2.78 bits per heavy atom. The van der Waals surface area contributed by atoms with Crippen molar-refractivity contribution in [2.45, 2.75) is 13.0 Å². The molecule has 0 saturated carbocycles. The third-order valence-corrected chi connectivity index (χ3v) is 4.99. The van der Waals surface area contributed by atoms with E-state index in [-0.39, 0.29) is 11.9 Å². The Morgan fingerprint density at radius 1 is 1.15 bits per heavy atom. The Balaban J connectivity index is 1.62. The second kappa shape index (κ2) is 7.98. The van der Waals surface area contributed by atoms with Crippen molar-refractivity contribution in [3.63, 3.8) is 0 Å². The molecule has 27 heavy (non-hydrogen) atoms. The van der Waals surface area contributed by atoms with E-state index in [9.17, 15) is 4.39 Å². The van der Waals surface area contributed by atoms with E-state index in [1.165, 1.54) is 23.5 Å². The first-order valence-electron chi connectivity index (χ1n) is 9.24. The van der Waals surface area contributed by atoms with Crippen LogP contribution in [0.1, 0.15) is 17.2 Å². The van der Waals surface area contributed by atoms with E-state index in [0.29, 0.717) is 23.3 Å². The van der Waals surface area contributed by atoms with E-state index in [1.807, 2.05) is 0 Å². The van der Waals surface area contributed by atoms with Gasteiger partial charge >= 0.3 is 0 Å². The van der Waals surface area contributed by atoms with Crippen molar-refractivity contribution >= 4 is 16.7 Å². The standard InChI is InChI=1S/C21H23FN4O/c1-15-4-2-5-16(12-15)19(26-8-10-27-11-9-26)13-23-21-20-17(22)6-3-7-18(20)24-14-25-21/h2-7,12,14,19H,8-11,13H2,1H3,(H,23,24,25). The molecule has 2 heterocycles. The summed E-state index contributed by atoms with van der Waals surface area (Å²) in [6, 6.07) is 13.6. The molecule has 2 aromatic carbocycles. The number of ether oxygens (including phenoxy) is 1. The van der Waals surface area contributed by atoms with Crippen LogP contribution in [-0.2, 0) is 4.74 Å². The Labute approximate surface area is 158 Å². The molecule has 0 amide bonds. The molecule has 5 nitrogen and oxygen atoms in total. The zero-order chi connectivity index (χ0) is 18.6.